The first-order valence-electron chi connectivity index (χ1n) is 10.7. The van der Waals surface area contributed by atoms with Gasteiger partial charge in [0.05, 0.1) is 0 Å². The highest BCUT2D eigenvalue weighted by atomic mass is 19.1. The average molecular weight is 428 g/mol. The molecule has 0 fully saturated rings. The molecule has 1 atom stereocenters. The molecule has 0 aliphatic rings. The Labute approximate surface area is 185 Å². The van der Waals surface area contributed by atoms with Gasteiger partial charge >= 0.3 is 5.97 Å². The maximum atomic E-state index is 13.2. The molecule has 168 valence electrons. The summed E-state index contributed by atoms with van der Waals surface area (Å²) in [5.41, 5.74) is 2.46. The molecule has 0 saturated heterocycles. The van der Waals surface area contributed by atoms with Gasteiger partial charge in [-0.25, -0.2) is 9.37 Å². The molecule has 0 bridgehead atoms. The van der Waals surface area contributed by atoms with E-state index in [1.807, 2.05) is 58.1 Å². The van der Waals surface area contributed by atoms with Crippen LogP contribution in [0.1, 0.15) is 75.8 Å². The fraction of sp³-hybridized carbons (Fsp3) is 0.400. The van der Waals surface area contributed by atoms with Crippen LogP contribution in [0.15, 0.2) is 48.6 Å². The number of benzene rings is 1. The lowest BCUT2D eigenvalue weighted by Crippen LogP contribution is -2.10. The van der Waals surface area contributed by atoms with Crippen LogP contribution in [0.3, 0.4) is 0 Å². The van der Waals surface area contributed by atoms with E-state index in [0.717, 1.165) is 35.6 Å². The average Bonchev–Trinajstić information content (AvgIpc) is 3.19. The Morgan fingerprint density at radius 2 is 1.97 bits per heavy atom. The van der Waals surface area contributed by atoms with Gasteiger partial charge in [-0.1, -0.05) is 56.7 Å². The lowest BCUT2D eigenvalue weighted by atomic mass is 10.0. The third kappa shape index (κ3) is 9.11. The lowest BCUT2D eigenvalue weighted by Gasteiger charge is -2.18. The van der Waals surface area contributed by atoms with Gasteiger partial charge in [0.2, 0.25) is 0 Å². The van der Waals surface area contributed by atoms with Crippen LogP contribution in [0.2, 0.25) is 0 Å². The fourth-order valence-electron chi connectivity index (χ4n) is 2.72. The van der Waals surface area contributed by atoms with Gasteiger partial charge in [0.15, 0.2) is 5.82 Å². The number of hydrogen-bond acceptors (Lipinski definition) is 4. The van der Waals surface area contributed by atoms with Crippen molar-refractivity contribution in [2.24, 2.45) is 0 Å². The summed E-state index contributed by atoms with van der Waals surface area (Å²) in [4.78, 5) is 15.6. The van der Waals surface area contributed by atoms with Crippen LogP contribution >= 0.6 is 0 Å². The van der Waals surface area contributed by atoms with Crippen molar-refractivity contribution in [2.75, 3.05) is 0 Å². The molecule has 0 aliphatic heterocycles. The van der Waals surface area contributed by atoms with E-state index in [-0.39, 0.29) is 17.9 Å². The number of rotatable bonds is 8. The van der Waals surface area contributed by atoms with Crippen LogP contribution in [0.4, 0.5) is 4.39 Å². The van der Waals surface area contributed by atoms with Crippen LogP contribution in [0.25, 0.3) is 5.57 Å². The van der Waals surface area contributed by atoms with Crippen LogP contribution in [-0.4, -0.2) is 21.2 Å². The molecule has 1 N–H and O–H groups in total. The molecular formula is C25H34FN3O2. The Hall–Kier alpha value is -3.02. The number of aromatic nitrogens is 3. The second kappa shape index (κ2) is 14.1. The minimum atomic E-state index is -0.258. The summed E-state index contributed by atoms with van der Waals surface area (Å²) in [7, 11) is 0. The first-order valence-corrected chi connectivity index (χ1v) is 10.7. The number of ether oxygens (including phenoxy) is 1. The number of nitrogens with zero attached hydrogens (tertiary/aromatic N) is 2. The van der Waals surface area contributed by atoms with E-state index in [1.54, 1.807) is 26.0 Å². The predicted molar refractivity (Wildman–Crippen MR) is 124 cm³/mol. The maximum Gasteiger partial charge on any atom is 0.306 e. The lowest BCUT2D eigenvalue weighted by molar-refractivity contribution is -0.149. The molecule has 31 heavy (non-hydrogen) atoms. The maximum absolute atomic E-state index is 13.2. The van der Waals surface area contributed by atoms with Gasteiger partial charge in [-0.2, -0.15) is 5.10 Å². The van der Waals surface area contributed by atoms with E-state index in [2.05, 4.69) is 15.2 Å². The van der Waals surface area contributed by atoms with E-state index >= 15 is 0 Å². The summed E-state index contributed by atoms with van der Waals surface area (Å²) < 4.78 is 18.5. The highest BCUT2D eigenvalue weighted by molar-refractivity contribution is 5.70. The minimum absolute atomic E-state index is 0.217. The fourth-order valence-corrected chi connectivity index (χ4v) is 2.72. The van der Waals surface area contributed by atoms with Crippen LogP contribution in [0.5, 0.6) is 0 Å². The quantitative estimate of drug-likeness (QED) is 0.382. The molecule has 2 aromatic rings. The van der Waals surface area contributed by atoms with E-state index in [9.17, 15) is 9.18 Å². The summed E-state index contributed by atoms with van der Waals surface area (Å²) in [6.07, 6.45) is 11.7. The van der Waals surface area contributed by atoms with Gasteiger partial charge in [0.1, 0.15) is 17.7 Å². The van der Waals surface area contributed by atoms with Crippen LogP contribution in [-0.2, 0) is 9.53 Å². The highest BCUT2D eigenvalue weighted by Gasteiger charge is 2.15. The SMILES string of the molecule is CC=C/C=C(\C=C/C)c1n[nH]c(C)n1.CCCC(OC(=O)CC)c1ccc(F)c(C)c1. The Kier molecular flexibility index (Phi) is 11.8. The van der Waals surface area contributed by atoms with Gasteiger partial charge in [0, 0.05) is 12.0 Å². The monoisotopic (exact) mass is 427 g/mol. The smallest absolute Gasteiger partial charge is 0.306 e. The van der Waals surface area contributed by atoms with Crippen molar-refractivity contribution in [2.45, 2.75) is 66.9 Å². The first-order chi connectivity index (χ1) is 14.9. The van der Waals surface area contributed by atoms with Crippen LogP contribution < -0.4 is 0 Å². The zero-order valence-corrected chi connectivity index (χ0v) is 19.4. The second-order valence-corrected chi connectivity index (χ2v) is 7.02. The molecule has 1 heterocycles. The van der Waals surface area contributed by atoms with Gasteiger partial charge in [-0.15, -0.1) is 0 Å². The molecule has 0 saturated carbocycles. The van der Waals surface area contributed by atoms with Crippen molar-refractivity contribution < 1.29 is 13.9 Å². The number of hydrogen-bond donors (Lipinski definition) is 1. The zero-order chi connectivity index (χ0) is 23.2. The summed E-state index contributed by atoms with van der Waals surface area (Å²) in [5, 5.41) is 6.92. The standard InChI is InChI=1S/C14H19FO2.C11H15N3/c1-4-6-13(17-14(16)5-2)11-7-8-12(15)10(3)9-11;1-4-6-8-10(7-5-2)11-12-9(3)13-14-11/h7-9,13H,4-6H2,1-3H3;4-8H,1-3H3,(H,12,13,14)/b;6-4?,7-5-,10-8+. The number of aryl methyl sites for hydroxylation is 2. The number of esters is 1. The largest absolute Gasteiger partial charge is 0.457 e. The number of H-pyrrole nitrogens is 1. The Balaban J connectivity index is 0.000000316. The van der Waals surface area contributed by atoms with Crippen molar-refractivity contribution in [3.8, 4) is 0 Å². The van der Waals surface area contributed by atoms with E-state index in [4.69, 9.17) is 4.74 Å². The molecule has 6 heteroatoms. The zero-order valence-electron chi connectivity index (χ0n) is 19.4. The Morgan fingerprint density at radius 3 is 2.48 bits per heavy atom. The number of aromatic amines is 1. The number of nitrogens with one attached hydrogen (secondary N) is 1. The summed E-state index contributed by atoms with van der Waals surface area (Å²) >= 11 is 0. The first kappa shape index (κ1) is 26.0. The van der Waals surface area contributed by atoms with Crippen LogP contribution in [0, 0.1) is 19.7 Å². The molecule has 1 aromatic carbocycles. The molecule has 0 spiro atoms. The van der Waals surface area contributed by atoms with Gasteiger partial charge in [-0.05, 0) is 57.4 Å². The van der Waals surface area contributed by atoms with Crippen molar-refractivity contribution in [1.29, 1.82) is 0 Å². The van der Waals surface area contributed by atoms with E-state index in [1.165, 1.54) is 6.07 Å². The predicted octanol–water partition coefficient (Wildman–Crippen LogP) is 6.58. The molecule has 5 nitrogen and oxygen atoms in total. The van der Waals surface area contributed by atoms with Crippen molar-refractivity contribution >= 4 is 11.5 Å². The van der Waals surface area contributed by atoms with Gasteiger partial charge in [0.25, 0.3) is 0 Å². The summed E-state index contributed by atoms with van der Waals surface area (Å²) in [6.45, 7) is 11.4. The van der Waals surface area contributed by atoms with Gasteiger partial charge in [-0.3, -0.25) is 9.89 Å². The van der Waals surface area contributed by atoms with E-state index < -0.39 is 0 Å². The molecule has 0 amide bonds. The number of halogens is 1. The molecular weight excluding hydrogens is 393 g/mol. The molecule has 0 radical (unpaired) electrons. The van der Waals surface area contributed by atoms with Gasteiger partial charge < -0.3 is 4.74 Å². The summed E-state index contributed by atoms with van der Waals surface area (Å²) in [6, 6.07) is 4.86. The third-order valence-electron chi connectivity index (χ3n) is 4.34. The highest BCUT2D eigenvalue weighted by Crippen LogP contribution is 2.25. The van der Waals surface area contributed by atoms with Crippen molar-refractivity contribution in [1.82, 2.24) is 15.2 Å². The second-order valence-electron chi connectivity index (χ2n) is 7.02. The molecule has 0 aliphatic carbocycles. The van der Waals surface area contributed by atoms with Crippen molar-refractivity contribution in [3.63, 3.8) is 0 Å². The number of carbonyl (C=O) groups excluding carboxylic acids is 1. The van der Waals surface area contributed by atoms with E-state index in [0.29, 0.717) is 12.0 Å². The Morgan fingerprint density at radius 1 is 1.23 bits per heavy atom. The Bertz CT molecular complexity index is 913. The number of carbonyl (C=O) groups is 1. The minimum Gasteiger partial charge on any atom is -0.457 e. The molecule has 2 rings (SSSR count). The summed E-state index contributed by atoms with van der Waals surface area (Å²) in [5.74, 6) is 1.12. The molecule has 1 aromatic heterocycles. The topological polar surface area (TPSA) is 67.9 Å². The third-order valence-corrected chi connectivity index (χ3v) is 4.34. The normalized spacial score (nSPS) is 12.7. The number of allylic oxidation sites excluding steroid dienone is 6. The van der Waals surface area contributed by atoms with Crippen molar-refractivity contribution in [3.05, 3.63) is 77.2 Å². The molecule has 1 unspecified atom stereocenters.